The van der Waals surface area contributed by atoms with E-state index in [9.17, 15) is 9.59 Å². The molecule has 0 spiro atoms. The summed E-state index contributed by atoms with van der Waals surface area (Å²) >= 11 is 0. The van der Waals surface area contributed by atoms with Gasteiger partial charge in [0.1, 0.15) is 0 Å². The average Bonchev–Trinajstić information content (AvgIpc) is 2.65. The summed E-state index contributed by atoms with van der Waals surface area (Å²) in [7, 11) is 2.93. The van der Waals surface area contributed by atoms with Crippen LogP contribution in [0, 0.1) is 5.41 Å². The molecule has 1 aromatic rings. The van der Waals surface area contributed by atoms with Crippen molar-refractivity contribution >= 4 is 11.8 Å². The Labute approximate surface area is 171 Å². The van der Waals surface area contributed by atoms with Gasteiger partial charge in [0, 0.05) is 29.3 Å². The zero-order valence-electron chi connectivity index (χ0n) is 18.0. The molecule has 6 heteroatoms. The van der Waals surface area contributed by atoms with Gasteiger partial charge in [0.2, 0.25) is 0 Å². The first-order chi connectivity index (χ1) is 13.7. The highest BCUT2D eigenvalue weighted by Gasteiger charge is 2.43. The summed E-state index contributed by atoms with van der Waals surface area (Å²) in [4.78, 5) is 25.9. The molecule has 6 nitrogen and oxygen atoms in total. The first-order valence-electron chi connectivity index (χ1n) is 9.85. The number of esters is 1. The van der Waals surface area contributed by atoms with Crippen LogP contribution in [0.5, 0.6) is 11.5 Å². The number of Topliss-reactive ketones (excluding diaryl/α,β-unsaturated/α-hetero) is 1. The molecule has 0 aromatic heterocycles. The number of allylic oxidation sites excluding steroid dienone is 3. The molecule has 156 valence electrons. The number of hydrogen-bond donors (Lipinski definition) is 1. The van der Waals surface area contributed by atoms with E-state index in [1.165, 1.54) is 7.11 Å². The average molecular weight is 399 g/mol. The van der Waals surface area contributed by atoms with Gasteiger partial charge in [-0.25, -0.2) is 4.79 Å². The van der Waals surface area contributed by atoms with Crippen LogP contribution in [0.4, 0.5) is 0 Å². The number of benzene rings is 1. The predicted molar refractivity (Wildman–Crippen MR) is 110 cm³/mol. The van der Waals surface area contributed by atoms with Crippen LogP contribution in [0.1, 0.15) is 52.0 Å². The smallest absolute Gasteiger partial charge is 0.336 e. The van der Waals surface area contributed by atoms with Crippen molar-refractivity contribution in [3.63, 3.8) is 0 Å². The van der Waals surface area contributed by atoms with Crippen molar-refractivity contribution in [2.24, 2.45) is 5.41 Å². The molecule has 1 aliphatic heterocycles. The number of methoxy groups -OCH3 is 2. The van der Waals surface area contributed by atoms with Crippen LogP contribution in [-0.4, -0.2) is 32.6 Å². The van der Waals surface area contributed by atoms with E-state index in [4.69, 9.17) is 14.2 Å². The largest absolute Gasteiger partial charge is 0.493 e. The van der Waals surface area contributed by atoms with E-state index in [0.717, 1.165) is 17.7 Å². The lowest BCUT2D eigenvalue weighted by Gasteiger charge is -2.39. The highest BCUT2D eigenvalue weighted by Crippen LogP contribution is 2.47. The van der Waals surface area contributed by atoms with Gasteiger partial charge in [-0.15, -0.1) is 0 Å². The molecular formula is C23H29NO5. The van der Waals surface area contributed by atoms with Crippen LogP contribution < -0.4 is 14.8 Å². The molecule has 1 aromatic carbocycles. The Bertz CT molecular complexity index is 910. The van der Waals surface area contributed by atoms with E-state index in [2.05, 4.69) is 19.2 Å². The minimum absolute atomic E-state index is 0.0514. The van der Waals surface area contributed by atoms with Crippen LogP contribution in [-0.2, 0) is 14.3 Å². The molecule has 1 aliphatic carbocycles. The molecule has 0 bridgehead atoms. The lowest BCUT2D eigenvalue weighted by molar-refractivity contribution is -0.136. The molecule has 0 radical (unpaired) electrons. The van der Waals surface area contributed by atoms with Gasteiger partial charge >= 0.3 is 5.97 Å². The Hall–Kier alpha value is -2.76. The van der Waals surface area contributed by atoms with Crippen molar-refractivity contribution < 1.29 is 23.8 Å². The van der Waals surface area contributed by atoms with Crippen LogP contribution in [0.25, 0.3) is 0 Å². The van der Waals surface area contributed by atoms with Gasteiger partial charge in [-0.2, -0.15) is 0 Å². The molecule has 0 saturated carbocycles. The van der Waals surface area contributed by atoms with Gasteiger partial charge in [0.25, 0.3) is 0 Å². The van der Waals surface area contributed by atoms with E-state index in [0.29, 0.717) is 41.4 Å². The minimum Gasteiger partial charge on any atom is -0.493 e. The molecule has 2 aliphatic rings. The van der Waals surface area contributed by atoms with E-state index in [1.54, 1.807) is 7.11 Å². The van der Waals surface area contributed by atoms with Crippen molar-refractivity contribution in [2.75, 3.05) is 20.8 Å². The Balaban J connectivity index is 2.19. The molecule has 29 heavy (non-hydrogen) atoms. The van der Waals surface area contributed by atoms with Crippen LogP contribution in [0.3, 0.4) is 0 Å². The topological polar surface area (TPSA) is 73.9 Å². The molecule has 0 saturated heterocycles. The van der Waals surface area contributed by atoms with Gasteiger partial charge in [-0.1, -0.05) is 19.9 Å². The number of nitrogens with one attached hydrogen (secondary N) is 1. The number of hydrogen-bond acceptors (Lipinski definition) is 6. The summed E-state index contributed by atoms with van der Waals surface area (Å²) in [6, 6.07) is 5.55. The van der Waals surface area contributed by atoms with Crippen molar-refractivity contribution in [3.8, 4) is 11.5 Å². The molecule has 1 heterocycles. The number of rotatable bonds is 5. The number of ketones is 1. The SMILES string of the molecule is CCOc1ccc([C@H]2C(C(=O)OC)=C(C)NC3=C2C(=O)CC(C)(C)C3)cc1OC. The van der Waals surface area contributed by atoms with Crippen LogP contribution >= 0.6 is 0 Å². The molecule has 1 N–H and O–H groups in total. The Kier molecular flexibility index (Phi) is 5.73. The summed E-state index contributed by atoms with van der Waals surface area (Å²) in [5.74, 6) is 0.285. The second-order valence-corrected chi connectivity index (χ2v) is 8.26. The summed E-state index contributed by atoms with van der Waals surface area (Å²) in [5, 5.41) is 3.31. The van der Waals surface area contributed by atoms with E-state index in [1.807, 2.05) is 32.0 Å². The second kappa shape index (κ2) is 7.93. The molecule has 1 atom stereocenters. The maximum Gasteiger partial charge on any atom is 0.336 e. The molecule has 0 unspecified atom stereocenters. The molecular weight excluding hydrogens is 370 g/mol. The summed E-state index contributed by atoms with van der Waals surface area (Å²) < 4.78 is 16.2. The second-order valence-electron chi connectivity index (χ2n) is 8.26. The number of carbonyl (C=O) groups is 2. The van der Waals surface area contributed by atoms with E-state index in [-0.39, 0.29) is 11.2 Å². The van der Waals surface area contributed by atoms with Gasteiger partial charge in [0.05, 0.1) is 26.4 Å². The zero-order valence-corrected chi connectivity index (χ0v) is 18.0. The first-order valence-corrected chi connectivity index (χ1v) is 9.85. The highest BCUT2D eigenvalue weighted by molar-refractivity contribution is 6.04. The fourth-order valence-corrected chi connectivity index (χ4v) is 4.29. The fraction of sp³-hybridized carbons (Fsp3) is 0.478. The van der Waals surface area contributed by atoms with Gasteiger partial charge in [0.15, 0.2) is 17.3 Å². The van der Waals surface area contributed by atoms with Crippen molar-refractivity contribution in [3.05, 3.63) is 46.3 Å². The molecule has 3 rings (SSSR count). The van der Waals surface area contributed by atoms with Crippen LogP contribution in [0.15, 0.2) is 40.7 Å². The van der Waals surface area contributed by atoms with E-state index < -0.39 is 11.9 Å². The Morgan fingerprint density at radius 2 is 1.93 bits per heavy atom. The van der Waals surface area contributed by atoms with Crippen molar-refractivity contribution in [1.29, 1.82) is 0 Å². The fourth-order valence-electron chi connectivity index (χ4n) is 4.29. The first kappa shape index (κ1) is 21.0. The lowest BCUT2D eigenvalue weighted by atomic mass is 9.68. The van der Waals surface area contributed by atoms with Crippen molar-refractivity contribution in [1.82, 2.24) is 5.32 Å². The normalized spacial score (nSPS) is 20.8. The summed E-state index contributed by atoms with van der Waals surface area (Å²) in [5.41, 5.74) is 3.35. The number of dihydropyridines is 1. The maximum atomic E-state index is 13.2. The van der Waals surface area contributed by atoms with Crippen LogP contribution in [0.2, 0.25) is 0 Å². The third kappa shape index (κ3) is 3.88. The minimum atomic E-state index is -0.508. The maximum absolute atomic E-state index is 13.2. The quantitative estimate of drug-likeness (QED) is 0.758. The highest BCUT2D eigenvalue weighted by atomic mass is 16.5. The standard InChI is InChI=1S/C23H29NO5/c1-7-29-17-9-8-14(10-18(17)27-5)20-19(22(26)28-6)13(2)24-15-11-23(3,4)12-16(25)21(15)20/h8-10,20,24H,7,11-12H2,1-6H3/t20-/m0/s1. The van der Waals surface area contributed by atoms with Gasteiger partial charge in [-0.3, -0.25) is 4.79 Å². The summed E-state index contributed by atoms with van der Waals surface area (Å²) in [6.45, 7) is 8.43. The molecule has 0 amide bonds. The van der Waals surface area contributed by atoms with Gasteiger partial charge < -0.3 is 19.5 Å². The van der Waals surface area contributed by atoms with Crippen molar-refractivity contribution in [2.45, 2.75) is 46.5 Å². The number of carbonyl (C=O) groups excluding carboxylic acids is 2. The third-order valence-corrected chi connectivity index (χ3v) is 5.47. The summed E-state index contributed by atoms with van der Waals surface area (Å²) in [6.07, 6.45) is 1.18. The number of ether oxygens (including phenoxy) is 3. The van der Waals surface area contributed by atoms with E-state index >= 15 is 0 Å². The third-order valence-electron chi connectivity index (χ3n) is 5.47. The van der Waals surface area contributed by atoms with Gasteiger partial charge in [-0.05, 0) is 43.4 Å². The monoisotopic (exact) mass is 399 g/mol. The lowest BCUT2D eigenvalue weighted by Crippen LogP contribution is -2.38. The Morgan fingerprint density at radius 3 is 2.55 bits per heavy atom. The zero-order chi connectivity index (χ0) is 21.3. The predicted octanol–water partition coefficient (Wildman–Crippen LogP) is 3.87. The Morgan fingerprint density at radius 1 is 1.21 bits per heavy atom. The molecule has 0 fully saturated rings.